The van der Waals surface area contributed by atoms with Gasteiger partial charge in [0.25, 0.3) is 0 Å². The Balaban J connectivity index is 1.52. The summed E-state index contributed by atoms with van der Waals surface area (Å²) in [6.45, 7) is 0. The van der Waals surface area contributed by atoms with Gasteiger partial charge < -0.3 is 15.2 Å². The molecule has 4 aromatic rings. The fraction of sp³-hybridized carbons (Fsp3) is 0.0526. The second-order valence-corrected chi connectivity index (χ2v) is 5.70. The number of carbonyl (C=O) groups is 1. The summed E-state index contributed by atoms with van der Waals surface area (Å²) < 4.78 is 2.04. The van der Waals surface area contributed by atoms with Crippen LogP contribution >= 0.6 is 0 Å². The summed E-state index contributed by atoms with van der Waals surface area (Å²) in [5.41, 5.74) is 3.43. The molecule has 2 N–H and O–H groups in total. The smallest absolute Gasteiger partial charge is 0.323 e. The van der Waals surface area contributed by atoms with E-state index in [0.717, 1.165) is 27.5 Å². The van der Waals surface area contributed by atoms with Crippen molar-refractivity contribution in [3.63, 3.8) is 0 Å². The number of anilines is 2. The third kappa shape index (κ3) is 2.67. The average molecular weight is 316 g/mol. The van der Waals surface area contributed by atoms with Crippen LogP contribution in [-0.2, 0) is 7.05 Å². The van der Waals surface area contributed by atoms with Gasteiger partial charge in [-0.15, -0.1) is 0 Å². The van der Waals surface area contributed by atoms with Gasteiger partial charge in [0.1, 0.15) is 0 Å². The van der Waals surface area contributed by atoms with Gasteiger partial charge in [-0.25, -0.2) is 4.79 Å². The minimum atomic E-state index is -0.289. The van der Waals surface area contributed by atoms with Crippen LogP contribution in [0.3, 0.4) is 0 Å². The number of amides is 2. The summed E-state index contributed by atoms with van der Waals surface area (Å²) in [6, 6.07) is 17.3. The van der Waals surface area contributed by atoms with Crippen LogP contribution in [-0.4, -0.2) is 15.6 Å². The van der Waals surface area contributed by atoms with Crippen LogP contribution < -0.4 is 10.6 Å². The van der Waals surface area contributed by atoms with E-state index in [0.29, 0.717) is 5.69 Å². The zero-order chi connectivity index (χ0) is 16.5. The number of pyridine rings is 1. The van der Waals surface area contributed by atoms with Crippen LogP contribution in [0.15, 0.2) is 67.0 Å². The van der Waals surface area contributed by atoms with Gasteiger partial charge in [-0.3, -0.25) is 4.98 Å². The lowest BCUT2D eigenvalue weighted by Crippen LogP contribution is -2.19. The van der Waals surface area contributed by atoms with E-state index < -0.39 is 0 Å². The fourth-order valence-electron chi connectivity index (χ4n) is 2.79. The molecule has 0 saturated carbocycles. The molecular weight excluding hydrogens is 300 g/mol. The molecule has 0 aliphatic heterocycles. The molecule has 0 aliphatic carbocycles. The second-order valence-electron chi connectivity index (χ2n) is 5.70. The van der Waals surface area contributed by atoms with Crippen molar-refractivity contribution in [2.24, 2.45) is 7.05 Å². The number of carbonyl (C=O) groups excluding carboxylic acids is 1. The van der Waals surface area contributed by atoms with Crippen molar-refractivity contribution < 1.29 is 4.79 Å². The van der Waals surface area contributed by atoms with Crippen LogP contribution in [0.4, 0.5) is 16.2 Å². The number of fused-ring (bicyclic) bond motifs is 2. The number of hydrogen-bond donors (Lipinski definition) is 2. The van der Waals surface area contributed by atoms with Crippen molar-refractivity contribution in [1.29, 1.82) is 0 Å². The molecule has 2 aromatic carbocycles. The van der Waals surface area contributed by atoms with Crippen LogP contribution in [0.25, 0.3) is 21.8 Å². The molecule has 2 amide bonds. The Morgan fingerprint density at radius 2 is 1.75 bits per heavy atom. The molecule has 0 radical (unpaired) electrons. The SMILES string of the molecule is Cn1ccc2cc(NC(=O)Nc3cnc4ccccc4c3)ccc21. The Bertz CT molecular complexity index is 1050. The molecule has 2 heterocycles. The van der Waals surface area contributed by atoms with Crippen molar-refractivity contribution in [3.8, 4) is 0 Å². The highest BCUT2D eigenvalue weighted by Gasteiger charge is 2.06. The standard InChI is InChI=1S/C19H16N4O/c1-23-9-8-14-11-15(6-7-18(14)23)21-19(24)22-16-10-13-4-2-3-5-17(13)20-12-16/h2-12H,1H3,(H2,21,22,24). The number of hydrogen-bond acceptors (Lipinski definition) is 2. The average Bonchev–Trinajstić information content (AvgIpc) is 2.95. The van der Waals surface area contributed by atoms with E-state index in [1.54, 1.807) is 6.20 Å². The highest BCUT2D eigenvalue weighted by molar-refractivity contribution is 6.01. The summed E-state index contributed by atoms with van der Waals surface area (Å²) in [7, 11) is 1.99. The minimum absolute atomic E-state index is 0.289. The predicted octanol–water partition coefficient (Wildman–Crippen LogP) is 4.37. The Morgan fingerprint density at radius 3 is 2.67 bits per heavy atom. The Hall–Kier alpha value is -3.34. The fourth-order valence-corrected chi connectivity index (χ4v) is 2.79. The first-order chi connectivity index (χ1) is 11.7. The quantitative estimate of drug-likeness (QED) is 0.577. The van der Waals surface area contributed by atoms with Gasteiger partial charge in [0.15, 0.2) is 0 Å². The molecule has 0 bridgehead atoms. The molecular formula is C19H16N4O. The van der Waals surface area contributed by atoms with E-state index in [-0.39, 0.29) is 6.03 Å². The minimum Gasteiger partial charge on any atom is -0.351 e. The molecule has 0 fully saturated rings. The van der Waals surface area contributed by atoms with Crippen molar-refractivity contribution in [1.82, 2.24) is 9.55 Å². The molecule has 0 spiro atoms. The molecule has 2 aromatic heterocycles. The van der Waals surface area contributed by atoms with Gasteiger partial charge in [-0.2, -0.15) is 0 Å². The molecule has 0 unspecified atom stereocenters. The summed E-state index contributed by atoms with van der Waals surface area (Å²) in [5, 5.41) is 7.74. The molecule has 0 aliphatic rings. The predicted molar refractivity (Wildman–Crippen MR) is 97.3 cm³/mol. The van der Waals surface area contributed by atoms with Crippen LogP contribution in [0.2, 0.25) is 0 Å². The van der Waals surface area contributed by atoms with Crippen LogP contribution in [0, 0.1) is 0 Å². The topological polar surface area (TPSA) is 59.0 Å². The van der Waals surface area contributed by atoms with Crippen LogP contribution in [0.1, 0.15) is 0 Å². The Kier molecular flexibility index (Phi) is 3.39. The molecule has 4 rings (SSSR count). The van der Waals surface area contributed by atoms with E-state index in [2.05, 4.69) is 15.6 Å². The van der Waals surface area contributed by atoms with Crippen molar-refractivity contribution >= 4 is 39.2 Å². The number of aryl methyl sites for hydroxylation is 1. The van der Waals surface area contributed by atoms with Crippen molar-refractivity contribution in [2.75, 3.05) is 10.6 Å². The van der Waals surface area contributed by atoms with E-state index in [1.807, 2.05) is 72.4 Å². The highest BCUT2D eigenvalue weighted by atomic mass is 16.2. The molecule has 24 heavy (non-hydrogen) atoms. The molecule has 5 nitrogen and oxygen atoms in total. The number of nitrogens with one attached hydrogen (secondary N) is 2. The zero-order valence-electron chi connectivity index (χ0n) is 13.2. The third-order valence-electron chi connectivity index (χ3n) is 3.99. The molecule has 5 heteroatoms. The lowest BCUT2D eigenvalue weighted by atomic mass is 10.2. The number of benzene rings is 2. The maximum atomic E-state index is 12.2. The number of para-hydroxylation sites is 1. The van der Waals surface area contributed by atoms with Gasteiger partial charge >= 0.3 is 6.03 Å². The maximum Gasteiger partial charge on any atom is 0.323 e. The number of rotatable bonds is 2. The monoisotopic (exact) mass is 316 g/mol. The van der Waals surface area contributed by atoms with Crippen LogP contribution in [0.5, 0.6) is 0 Å². The molecule has 0 saturated heterocycles. The normalized spacial score (nSPS) is 10.9. The van der Waals surface area contributed by atoms with E-state index >= 15 is 0 Å². The van der Waals surface area contributed by atoms with Gasteiger partial charge in [-0.05, 0) is 36.4 Å². The van der Waals surface area contributed by atoms with Gasteiger partial charge in [0.05, 0.1) is 17.4 Å². The van der Waals surface area contributed by atoms with Crippen molar-refractivity contribution in [3.05, 3.63) is 67.0 Å². The van der Waals surface area contributed by atoms with Gasteiger partial charge in [0.2, 0.25) is 0 Å². The number of nitrogens with zero attached hydrogens (tertiary/aromatic N) is 2. The first-order valence-corrected chi connectivity index (χ1v) is 7.67. The largest absolute Gasteiger partial charge is 0.351 e. The first-order valence-electron chi connectivity index (χ1n) is 7.67. The zero-order valence-corrected chi connectivity index (χ0v) is 13.2. The van der Waals surface area contributed by atoms with Gasteiger partial charge in [0, 0.05) is 35.2 Å². The summed E-state index contributed by atoms with van der Waals surface area (Å²) in [5.74, 6) is 0. The maximum absolute atomic E-state index is 12.2. The Labute approximate surface area is 138 Å². The first kappa shape index (κ1) is 14.3. The second kappa shape index (κ2) is 5.70. The summed E-state index contributed by atoms with van der Waals surface area (Å²) in [4.78, 5) is 16.5. The molecule has 0 atom stereocenters. The number of aromatic nitrogens is 2. The van der Waals surface area contributed by atoms with E-state index in [1.165, 1.54) is 0 Å². The summed E-state index contributed by atoms with van der Waals surface area (Å²) in [6.07, 6.45) is 3.65. The van der Waals surface area contributed by atoms with Crippen molar-refractivity contribution in [2.45, 2.75) is 0 Å². The van der Waals surface area contributed by atoms with E-state index in [9.17, 15) is 4.79 Å². The third-order valence-corrected chi connectivity index (χ3v) is 3.99. The lowest BCUT2D eigenvalue weighted by Gasteiger charge is -2.08. The summed E-state index contributed by atoms with van der Waals surface area (Å²) >= 11 is 0. The number of urea groups is 1. The lowest BCUT2D eigenvalue weighted by molar-refractivity contribution is 0.262. The molecule has 118 valence electrons. The Morgan fingerprint density at radius 1 is 0.958 bits per heavy atom. The van der Waals surface area contributed by atoms with E-state index in [4.69, 9.17) is 0 Å². The van der Waals surface area contributed by atoms with Gasteiger partial charge in [-0.1, -0.05) is 18.2 Å². The highest BCUT2D eigenvalue weighted by Crippen LogP contribution is 2.20.